The van der Waals surface area contributed by atoms with Crippen LogP contribution in [0.15, 0.2) is 60.8 Å². The first-order chi connectivity index (χ1) is 14.5. The van der Waals surface area contributed by atoms with Gasteiger partial charge in [0, 0.05) is 17.4 Å². The highest BCUT2D eigenvalue weighted by atomic mass is 32.1. The molecular weight excluding hydrogens is 399 g/mol. The molecule has 0 radical (unpaired) electrons. The molecule has 7 heteroatoms. The Hall–Kier alpha value is -3.58. The van der Waals surface area contributed by atoms with Crippen molar-refractivity contribution in [3.05, 3.63) is 83.6 Å². The van der Waals surface area contributed by atoms with E-state index in [4.69, 9.17) is 4.98 Å². The van der Waals surface area contributed by atoms with Gasteiger partial charge in [-0.3, -0.25) is 9.20 Å². The SMILES string of the molecule is Cc1ccc2nc(-c3ccc(NC(=O)c4c(C)nc5ccc(F)cn45)cc3)sc2c1. The van der Waals surface area contributed by atoms with E-state index in [9.17, 15) is 9.18 Å². The van der Waals surface area contributed by atoms with Crippen LogP contribution in [0.2, 0.25) is 0 Å². The zero-order valence-corrected chi connectivity index (χ0v) is 17.1. The van der Waals surface area contributed by atoms with Crippen LogP contribution >= 0.6 is 11.3 Å². The Kier molecular flexibility index (Phi) is 4.33. The van der Waals surface area contributed by atoms with Crippen LogP contribution in [-0.4, -0.2) is 20.3 Å². The van der Waals surface area contributed by atoms with Gasteiger partial charge in [0.05, 0.1) is 15.9 Å². The van der Waals surface area contributed by atoms with E-state index in [1.165, 1.54) is 22.2 Å². The van der Waals surface area contributed by atoms with Crippen LogP contribution < -0.4 is 5.32 Å². The van der Waals surface area contributed by atoms with Crippen LogP contribution in [0.3, 0.4) is 0 Å². The fraction of sp³-hybridized carbons (Fsp3) is 0.0870. The lowest BCUT2D eigenvalue weighted by molar-refractivity contribution is 0.102. The van der Waals surface area contributed by atoms with Gasteiger partial charge in [0.2, 0.25) is 0 Å². The van der Waals surface area contributed by atoms with Crippen molar-refractivity contribution in [1.29, 1.82) is 0 Å². The van der Waals surface area contributed by atoms with Crippen molar-refractivity contribution in [3.63, 3.8) is 0 Å². The summed E-state index contributed by atoms with van der Waals surface area (Å²) >= 11 is 1.64. The molecule has 30 heavy (non-hydrogen) atoms. The van der Waals surface area contributed by atoms with E-state index in [0.717, 1.165) is 20.8 Å². The van der Waals surface area contributed by atoms with Gasteiger partial charge in [-0.2, -0.15) is 0 Å². The highest BCUT2D eigenvalue weighted by molar-refractivity contribution is 7.21. The molecule has 0 spiro atoms. The van der Waals surface area contributed by atoms with E-state index in [1.807, 2.05) is 30.3 Å². The molecule has 0 aliphatic rings. The number of anilines is 1. The maximum atomic E-state index is 13.6. The molecule has 0 unspecified atom stereocenters. The Balaban J connectivity index is 1.41. The number of nitrogens with zero attached hydrogens (tertiary/aromatic N) is 3. The monoisotopic (exact) mass is 416 g/mol. The number of nitrogens with one attached hydrogen (secondary N) is 1. The van der Waals surface area contributed by atoms with Gasteiger partial charge in [0.15, 0.2) is 0 Å². The molecule has 0 atom stereocenters. The molecule has 1 amide bonds. The average molecular weight is 416 g/mol. The molecule has 0 aliphatic carbocycles. The largest absolute Gasteiger partial charge is 0.321 e. The van der Waals surface area contributed by atoms with Crippen LogP contribution in [0.1, 0.15) is 21.7 Å². The standard InChI is InChI=1S/C23H17FN4OS/c1-13-3-9-18-19(11-13)30-23(27-18)15-4-7-17(8-5-15)26-22(29)21-14(2)25-20-10-6-16(24)12-28(20)21/h3-12H,1-2H3,(H,26,29). The average Bonchev–Trinajstić information content (AvgIpc) is 3.28. The summed E-state index contributed by atoms with van der Waals surface area (Å²) < 4.78 is 16.3. The predicted octanol–water partition coefficient (Wildman–Crippen LogP) is 5.62. The van der Waals surface area contributed by atoms with Gasteiger partial charge in [-0.15, -0.1) is 11.3 Å². The number of fused-ring (bicyclic) bond motifs is 2. The lowest BCUT2D eigenvalue weighted by Crippen LogP contribution is -2.15. The Morgan fingerprint density at radius 3 is 2.63 bits per heavy atom. The highest BCUT2D eigenvalue weighted by Gasteiger charge is 2.17. The predicted molar refractivity (Wildman–Crippen MR) is 118 cm³/mol. The first-order valence-electron chi connectivity index (χ1n) is 9.41. The molecule has 148 valence electrons. The molecule has 5 nitrogen and oxygen atoms in total. The number of pyridine rings is 1. The minimum Gasteiger partial charge on any atom is -0.321 e. The van der Waals surface area contributed by atoms with Gasteiger partial charge >= 0.3 is 0 Å². The number of carbonyl (C=O) groups excluding carboxylic acids is 1. The van der Waals surface area contributed by atoms with Gasteiger partial charge in [-0.25, -0.2) is 14.4 Å². The van der Waals surface area contributed by atoms with Crippen molar-refractivity contribution in [2.45, 2.75) is 13.8 Å². The van der Waals surface area contributed by atoms with Crippen molar-refractivity contribution >= 4 is 38.8 Å². The fourth-order valence-corrected chi connectivity index (χ4v) is 4.52. The van der Waals surface area contributed by atoms with Crippen LogP contribution in [0.4, 0.5) is 10.1 Å². The number of amides is 1. The van der Waals surface area contributed by atoms with Gasteiger partial charge in [0.25, 0.3) is 5.91 Å². The van der Waals surface area contributed by atoms with E-state index in [1.54, 1.807) is 24.3 Å². The summed E-state index contributed by atoms with van der Waals surface area (Å²) in [7, 11) is 0. The summed E-state index contributed by atoms with van der Waals surface area (Å²) in [6.45, 7) is 3.80. The number of aryl methyl sites for hydroxylation is 2. The number of carbonyl (C=O) groups is 1. The maximum Gasteiger partial charge on any atom is 0.274 e. The van der Waals surface area contributed by atoms with Gasteiger partial charge in [-0.05, 0) is 67.9 Å². The van der Waals surface area contributed by atoms with Crippen LogP contribution in [0, 0.1) is 19.7 Å². The van der Waals surface area contributed by atoms with Crippen LogP contribution in [0.25, 0.3) is 26.4 Å². The number of hydrogen-bond donors (Lipinski definition) is 1. The number of thiazole rings is 1. The van der Waals surface area contributed by atoms with Crippen LogP contribution in [-0.2, 0) is 0 Å². The fourth-order valence-electron chi connectivity index (χ4n) is 3.45. The summed E-state index contributed by atoms with van der Waals surface area (Å²) in [5, 5.41) is 3.80. The number of rotatable bonds is 3. The van der Waals surface area contributed by atoms with Gasteiger partial charge in [0.1, 0.15) is 22.2 Å². The van der Waals surface area contributed by atoms with Crippen molar-refractivity contribution in [2.75, 3.05) is 5.32 Å². The second-order valence-electron chi connectivity index (χ2n) is 7.14. The molecular formula is C23H17FN4OS. The maximum absolute atomic E-state index is 13.6. The molecule has 5 aromatic rings. The number of benzene rings is 2. The Morgan fingerprint density at radius 1 is 1.03 bits per heavy atom. The Labute approximate surface area is 175 Å². The Morgan fingerprint density at radius 2 is 1.83 bits per heavy atom. The lowest BCUT2D eigenvalue weighted by Gasteiger charge is -2.07. The van der Waals surface area contributed by atoms with Crippen LogP contribution in [0.5, 0.6) is 0 Å². The summed E-state index contributed by atoms with van der Waals surface area (Å²) in [5.74, 6) is -0.766. The minimum atomic E-state index is -0.427. The van der Waals surface area contributed by atoms with E-state index >= 15 is 0 Å². The summed E-state index contributed by atoms with van der Waals surface area (Å²) in [4.78, 5) is 21.8. The molecule has 3 aromatic heterocycles. The zero-order chi connectivity index (χ0) is 20.8. The first-order valence-corrected chi connectivity index (χ1v) is 10.2. The number of halogens is 1. The topological polar surface area (TPSA) is 59.3 Å². The minimum absolute atomic E-state index is 0.315. The third kappa shape index (κ3) is 3.23. The molecule has 2 aromatic carbocycles. The second kappa shape index (κ2) is 7.03. The Bertz CT molecular complexity index is 1420. The molecule has 0 aliphatic heterocycles. The summed E-state index contributed by atoms with van der Waals surface area (Å²) in [6, 6.07) is 16.6. The van der Waals surface area contributed by atoms with Gasteiger partial charge in [-0.1, -0.05) is 6.07 Å². The van der Waals surface area contributed by atoms with Crippen molar-refractivity contribution in [3.8, 4) is 10.6 Å². The van der Waals surface area contributed by atoms with Gasteiger partial charge < -0.3 is 5.32 Å². The lowest BCUT2D eigenvalue weighted by atomic mass is 10.2. The highest BCUT2D eigenvalue weighted by Crippen LogP contribution is 2.31. The third-order valence-electron chi connectivity index (χ3n) is 4.91. The van der Waals surface area contributed by atoms with E-state index < -0.39 is 5.82 Å². The first kappa shape index (κ1) is 18.4. The number of hydrogen-bond acceptors (Lipinski definition) is 4. The van der Waals surface area contributed by atoms with E-state index in [0.29, 0.717) is 22.7 Å². The zero-order valence-electron chi connectivity index (χ0n) is 16.3. The molecule has 1 N–H and O–H groups in total. The number of imidazole rings is 1. The van der Waals surface area contributed by atoms with Crippen molar-refractivity contribution < 1.29 is 9.18 Å². The number of aromatic nitrogens is 3. The molecule has 0 saturated heterocycles. The summed E-state index contributed by atoms with van der Waals surface area (Å²) in [6.07, 6.45) is 1.27. The second-order valence-corrected chi connectivity index (χ2v) is 8.17. The molecule has 0 bridgehead atoms. The third-order valence-corrected chi connectivity index (χ3v) is 5.97. The molecule has 5 rings (SSSR count). The molecule has 3 heterocycles. The smallest absolute Gasteiger partial charge is 0.274 e. The summed E-state index contributed by atoms with van der Waals surface area (Å²) in [5.41, 5.74) is 5.20. The van der Waals surface area contributed by atoms with E-state index in [2.05, 4.69) is 29.4 Å². The quantitative estimate of drug-likeness (QED) is 0.415. The van der Waals surface area contributed by atoms with E-state index in [-0.39, 0.29) is 5.91 Å². The van der Waals surface area contributed by atoms with Crippen molar-refractivity contribution in [2.24, 2.45) is 0 Å². The molecule has 0 fully saturated rings. The normalized spacial score (nSPS) is 11.3. The van der Waals surface area contributed by atoms with Crippen molar-refractivity contribution in [1.82, 2.24) is 14.4 Å². The molecule has 0 saturated carbocycles.